The maximum Gasteiger partial charge on any atom is 0.269 e. The number of rotatable bonds is 7. The zero-order valence-electron chi connectivity index (χ0n) is 12.8. The van der Waals surface area contributed by atoms with E-state index in [-0.39, 0.29) is 12.0 Å². The Balaban J connectivity index is 2.17. The molecule has 0 aliphatic carbocycles. The van der Waals surface area contributed by atoms with Crippen LogP contribution in [0, 0.1) is 0 Å². The van der Waals surface area contributed by atoms with Crippen molar-refractivity contribution in [1.29, 1.82) is 0 Å². The standard InChI is InChI=1S/C16H21N3O2S/c1-3-13(20)9-10-17-15(21)14-11-18-16(22-2)19(14)12-7-5-4-6-8-12/h4-8,11,13,20H,3,9-10H2,1-2H3,(H,17,21). The maximum absolute atomic E-state index is 12.4. The highest BCUT2D eigenvalue weighted by atomic mass is 32.2. The Kier molecular flexibility index (Phi) is 6.03. The van der Waals surface area contributed by atoms with Gasteiger partial charge in [-0.2, -0.15) is 0 Å². The molecule has 118 valence electrons. The van der Waals surface area contributed by atoms with Crippen molar-refractivity contribution < 1.29 is 9.90 Å². The summed E-state index contributed by atoms with van der Waals surface area (Å²) in [6, 6.07) is 9.68. The van der Waals surface area contributed by atoms with Crippen molar-refractivity contribution in [2.75, 3.05) is 12.8 Å². The molecule has 2 rings (SSSR count). The molecule has 1 atom stereocenters. The van der Waals surface area contributed by atoms with Gasteiger partial charge in [0, 0.05) is 12.2 Å². The molecule has 1 unspecified atom stereocenters. The number of para-hydroxylation sites is 1. The molecule has 6 heteroatoms. The molecule has 2 N–H and O–H groups in total. The van der Waals surface area contributed by atoms with Crippen molar-refractivity contribution in [3.63, 3.8) is 0 Å². The van der Waals surface area contributed by atoms with Gasteiger partial charge in [-0.1, -0.05) is 36.9 Å². The fraction of sp³-hybridized carbons (Fsp3) is 0.375. The number of amides is 1. The van der Waals surface area contributed by atoms with E-state index in [9.17, 15) is 9.90 Å². The third kappa shape index (κ3) is 3.90. The van der Waals surface area contributed by atoms with Crippen LogP contribution in [0.3, 0.4) is 0 Å². The molecule has 1 heterocycles. The molecule has 5 nitrogen and oxygen atoms in total. The van der Waals surface area contributed by atoms with Gasteiger partial charge in [0.2, 0.25) is 0 Å². The number of hydrogen-bond donors (Lipinski definition) is 2. The number of nitrogens with one attached hydrogen (secondary N) is 1. The number of aliphatic hydroxyl groups excluding tert-OH is 1. The zero-order chi connectivity index (χ0) is 15.9. The van der Waals surface area contributed by atoms with Crippen LogP contribution in [0.4, 0.5) is 0 Å². The van der Waals surface area contributed by atoms with E-state index in [4.69, 9.17) is 0 Å². The van der Waals surface area contributed by atoms with Gasteiger partial charge in [-0.15, -0.1) is 0 Å². The van der Waals surface area contributed by atoms with Crippen LogP contribution in [0.1, 0.15) is 30.3 Å². The number of thioether (sulfide) groups is 1. The smallest absolute Gasteiger partial charge is 0.269 e. The minimum atomic E-state index is -0.374. The van der Waals surface area contributed by atoms with E-state index in [0.29, 0.717) is 25.1 Å². The van der Waals surface area contributed by atoms with E-state index in [1.165, 1.54) is 11.8 Å². The second-order valence-electron chi connectivity index (χ2n) is 4.91. The molecule has 0 bridgehead atoms. The highest BCUT2D eigenvalue weighted by Crippen LogP contribution is 2.21. The zero-order valence-corrected chi connectivity index (χ0v) is 13.6. The van der Waals surface area contributed by atoms with Crippen LogP contribution in [0.2, 0.25) is 0 Å². The van der Waals surface area contributed by atoms with Crippen molar-refractivity contribution in [2.45, 2.75) is 31.0 Å². The van der Waals surface area contributed by atoms with Crippen molar-refractivity contribution in [3.05, 3.63) is 42.2 Å². The predicted octanol–water partition coefficient (Wildman–Crippen LogP) is 2.49. The first kappa shape index (κ1) is 16.6. The van der Waals surface area contributed by atoms with Crippen molar-refractivity contribution in [1.82, 2.24) is 14.9 Å². The summed E-state index contributed by atoms with van der Waals surface area (Å²) in [5.41, 5.74) is 1.41. The average molecular weight is 319 g/mol. The second-order valence-corrected chi connectivity index (χ2v) is 5.68. The van der Waals surface area contributed by atoms with Gasteiger partial charge in [-0.05, 0) is 31.2 Å². The summed E-state index contributed by atoms with van der Waals surface area (Å²) in [5.74, 6) is -0.181. The molecule has 22 heavy (non-hydrogen) atoms. The first-order chi connectivity index (χ1) is 10.7. The number of carbonyl (C=O) groups excluding carboxylic acids is 1. The van der Waals surface area contributed by atoms with Gasteiger partial charge >= 0.3 is 0 Å². The number of benzene rings is 1. The van der Waals surface area contributed by atoms with Crippen LogP contribution < -0.4 is 5.32 Å². The highest BCUT2D eigenvalue weighted by molar-refractivity contribution is 7.98. The molecule has 1 aromatic carbocycles. The van der Waals surface area contributed by atoms with E-state index in [2.05, 4.69) is 10.3 Å². The van der Waals surface area contributed by atoms with E-state index >= 15 is 0 Å². The Morgan fingerprint density at radius 2 is 2.14 bits per heavy atom. The van der Waals surface area contributed by atoms with Crippen LogP contribution >= 0.6 is 11.8 Å². The molecule has 0 spiro atoms. The van der Waals surface area contributed by atoms with Crippen molar-refractivity contribution in [2.24, 2.45) is 0 Å². The fourth-order valence-corrected chi connectivity index (χ4v) is 2.66. The lowest BCUT2D eigenvalue weighted by Gasteiger charge is -2.12. The summed E-state index contributed by atoms with van der Waals surface area (Å²) in [7, 11) is 0. The van der Waals surface area contributed by atoms with Gasteiger partial charge in [-0.25, -0.2) is 4.98 Å². The number of nitrogens with zero attached hydrogens (tertiary/aromatic N) is 2. The summed E-state index contributed by atoms with van der Waals surface area (Å²) < 4.78 is 1.84. The number of aromatic nitrogens is 2. The number of carbonyl (C=O) groups is 1. The van der Waals surface area contributed by atoms with Gasteiger partial charge in [-0.3, -0.25) is 9.36 Å². The third-order valence-corrected chi connectivity index (χ3v) is 4.05. The monoisotopic (exact) mass is 319 g/mol. The number of imidazole rings is 1. The SMILES string of the molecule is CCC(O)CCNC(=O)c1cnc(SC)n1-c1ccccc1. The minimum Gasteiger partial charge on any atom is -0.393 e. The maximum atomic E-state index is 12.4. The molecular weight excluding hydrogens is 298 g/mol. The summed E-state index contributed by atoms with van der Waals surface area (Å²) in [6.45, 7) is 2.37. The summed E-state index contributed by atoms with van der Waals surface area (Å²) in [4.78, 5) is 16.7. The van der Waals surface area contributed by atoms with E-state index in [1.54, 1.807) is 6.20 Å². The minimum absolute atomic E-state index is 0.181. The summed E-state index contributed by atoms with van der Waals surface area (Å²) in [6.07, 6.45) is 4.39. The lowest BCUT2D eigenvalue weighted by atomic mass is 10.2. The molecule has 0 aliphatic rings. The first-order valence-corrected chi connectivity index (χ1v) is 8.53. The Labute approximate surface area is 134 Å². The molecule has 0 saturated carbocycles. The molecule has 0 radical (unpaired) electrons. The van der Waals surface area contributed by atoms with E-state index in [0.717, 1.165) is 10.8 Å². The third-order valence-electron chi connectivity index (χ3n) is 3.39. The Morgan fingerprint density at radius 3 is 2.77 bits per heavy atom. The van der Waals surface area contributed by atoms with Gasteiger partial charge in [0.1, 0.15) is 5.69 Å². The Hall–Kier alpha value is -1.79. The first-order valence-electron chi connectivity index (χ1n) is 7.30. The molecule has 0 saturated heterocycles. The lowest BCUT2D eigenvalue weighted by molar-refractivity contribution is 0.0934. The molecule has 1 aromatic heterocycles. The molecule has 0 aliphatic heterocycles. The van der Waals surface area contributed by atoms with E-state index in [1.807, 2.05) is 48.1 Å². The van der Waals surface area contributed by atoms with Crippen LogP contribution in [0.25, 0.3) is 5.69 Å². The molecular formula is C16H21N3O2S. The summed E-state index contributed by atoms with van der Waals surface area (Å²) >= 11 is 1.49. The molecule has 1 amide bonds. The van der Waals surface area contributed by atoms with Gasteiger partial charge < -0.3 is 10.4 Å². The van der Waals surface area contributed by atoms with Crippen molar-refractivity contribution >= 4 is 17.7 Å². The quantitative estimate of drug-likeness (QED) is 0.770. The Bertz CT molecular complexity index is 613. The van der Waals surface area contributed by atoms with Gasteiger partial charge in [0.15, 0.2) is 5.16 Å². The fourth-order valence-electron chi connectivity index (χ4n) is 2.11. The van der Waals surface area contributed by atoms with Crippen LogP contribution in [-0.4, -0.2) is 39.5 Å². The van der Waals surface area contributed by atoms with Gasteiger partial charge in [0.25, 0.3) is 5.91 Å². The molecule has 0 fully saturated rings. The molecule has 2 aromatic rings. The average Bonchev–Trinajstić information content (AvgIpc) is 2.99. The highest BCUT2D eigenvalue weighted by Gasteiger charge is 2.17. The van der Waals surface area contributed by atoms with Gasteiger partial charge in [0.05, 0.1) is 12.3 Å². The normalized spacial score (nSPS) is 12.1. The lowest BCUT2D eigenvalue weighted by Crippen LogP contribution is -2.28. The summed E-state index contributed by atoms with van der Waals surface area (Å²) in [5, 5.41) is 13.2. The largest absolute Gasteiger partial charge is 0.393 e. The topological polar surface area (TPSA) is 67.2 Å². The van der Waals surface area contributed by atoms with Crippen molar-refractivity contribution in [3.8, 4) is 5.69 Å². The number of hydrogen-bond acceptors (Lipinski definition) is 4. The van der Waals surface area contributed by atoms with Crippen LogP contribution in [-0.2, 0) is 0 Å². The Morgan fingerprint density at radius 1 is 1.41 bits per heavy atom. The van der Waals surface area contributed by atoms with E-state index < -0.39 is 0 Å². The second kappa shape index (κ2) is 8.00. The van der Waals surface area contributed by atoms with Crippen LogP contribution in [0.5, 0.6) is 0 Å². The van der Waals surface area contributed by atoms with Crippen LogP contribution in [0.15, 0.2) is 41.7 Å². The number of aliphatic hydroxyl groups is 1. The predicted molar refractivity (Wildman–Crippen MR) is 88.6 cm³/mol.